The lowest BCUT2D eigenvalue weighted by Crippen LogP contribution is -2.09. The average molecular weight is 220 g/mol. The number of nitrogens with zero attached hydrogens (tertiary/aromatic N) is 2. The lowest BCUT2D eigenvalue weighted by molar-refractivity contribution is 0.733. The predicted molar refractivity (Wildman–Crippen MR) is 66.0 cm³/mol. The van der Waals surface area contributed by atoms with Gasteiger partial charge < -0.3 is 0 Å². The Morgan fingerprint density at radius 1 is 1.40 bits per heavy atom. The second kappa shape index (κ2) is 4.35. The van der Waals surface area contributed by atoms with Crippen LogP contribution in [0.3, 0.4) is 0 Å². The minimum atomic E-state index is 0.489. The summed E-state index contributed by atoms with van der Waals surface area (Å²) in [6.07, 6.45) is 6.91. The van der Waals surface area contributed by atoms with Crippen LogP contribution in [0.5, 0.6) is 0 Å². The minimum Gasteiger partial charge on any atom is -0.244 e. The monoisotopic (exact) mass is 220 g/mol. The van der Waals surface area contributed by atoms with Gasteiger partial charge in [0, 0.05) is 22.7 Å². The Hall–Kier alpha value is -0.830. The SMILES string of the molecule is CC1=C(c2cncnc2C)CC(S)CC1. The van der Waals surface area contributed by atoms with E-state index in [1.54, 1.807) is 6.33 Å². The number of aryl methyl sites for hydroxylation is 1. The van der Waals surface area contributed by atoms with Crippen molar-refractivity contribution in [2.75, 3.05) is 0 Å². The number of rotatable bonds is 1. The van der Waals surface area contributed by atoms with Crippen LogP contribution in [0.2, 0.25) is 0 Å². The van der Waals surface area contributed by atoms with Gasteiger partial charge in [0.2, 0.25) is 0 Å². The first-order valence-corrected chi connectivity index (χ1v) is 5.84. The van der Waals surface area contributed by atoms with Gasteiger partial charge in [-0.2, -0.15) is 12.6 Å². The largest absolute Gasteiger partial charge is 0.244 e. The Balaban J connectivity index is 2.42. The lowest BCUT2D eigenvalue weighted by Gasteiger charge is -2.23. The molecular formula is C12H16N2S. The van der Waals surface area contributed by atoms with E-state index in [2.05, 4.69) is 29.5 Å². The molecule has 1 heterocycles. The maximum atomic E-state index is 4.57. The van der Waals surface area contributed by atoms with Gasteiger partial charge in [0.25, 0.3) is 0 Å². The van der Waals surface area contributed by atoms with Crippen molar-refractivity contribution in [1.29, 1.82) is 0 Å². The van der Waals surface area contributed by atoms with E-state index in [4.69, 9.17) is 0 Å². The summed E-state index contributed by atoms with van der Waals surface area (Å²) in [5.41, 5.74) is 5.15. The van der Waals surface area contributed by atoms with E-state index in [-0.39, 0.29) is 0 Å². The van der Waals surface area contributed by atoms with Crippen molar-refractivity contribution >= 4 is 18.2 Å². The maximum absolute atomic E-state index is 4.57. The first-order chi connectivity index (χ1) is 7.18. The molecule has 0 bridgehead atoms. The number of allylic oxidation sites excluding steroid dienone is 2. The molecule has 1 aromatic rings. The zero-order valence-electron chi connectivity index (χ0n) is 9.20. The molecule has 15 heavy (non-hydrogen) atoms. The van der Waals surface area contributed by atoms with Crippen molar-refractivity contribution < 1.29 is 0 Å². The summed E-state index contributed by atoms with van der Waals surface area (Å²) < 4.78 is 0. The predicted octanol–water partition coefficient (Wildman–Crippen LogP) is 3.04. The van der Waals surface area contributed by atoms with Gasteiger partial charge in [-0.1, -0.05) is 5.57 Å². The van der Waals surface area contributed by atoms with Crippen molar-refractivity contribution in [3.05, 3.63) is 29.4 Å². The molecule has 2 rings (SSSR count). The van der Waals surface area contributed by atoms with Gasteiger partial charge in [-0.15, -0.1) is 0 Å². The Bertz CT molecular complexity index is 398. The van der Waals surface area contributed by atoms with Crippen LogP contribution < -0.4 is 0 Å². The molecule has 2 nitrogen and oxygen atoms in total. The summed E-state index contributed by atoms with van der Waals surface area (Å²) in [5, 5.41) is 0.489. The maximum Gasteiger partial charge on any atom is 0.115 e. The number of thiol groups is 1. The first-order valence-electron chi connectivity index (χ1n) is 5.32. The van der Waals surface area contributed by atoms with E-state index in [1.165, 1.54) is 23.1 Å². The zero-order chi connectivity index (χ0) is 10.8. The van der Waals surface area contributed by atoms with Gasteiger partial charge in [0.1, 0.15) is 6.33 Å². The number of hydrogen-bond donors (Lipinski definition) is 1. The van der Waals surface area contributed by atoms with Crippen LogP contribution in [0.1, 0.15) is 37.4 Å². The van der Waals surface area contributed by atoms with E-state index in [1.807, 2.05) is 13.1 Å². The summed E-state index contributed by atoms with van der Waals surface area (Å²) in [6, 6.07) is 0. The van der Waals surface area contributed by atoms with Crippen molar-refractivity contribution in [3.8, 4) is 0 Å². The highest BCUT2D eigenvalue weighted by molar-refractivity contribution is 7.81. The van der Waals surface area contributed by atoms with Gasteiger partial charge in [-0.25, -0.2) is 9.97 Å². The van der Waals surface area contributed by atoms with Crippen LogP contribution in [0, 0.1) is 6.92 Å². The van der Waals surface area contributed by atoms with E-state index >= 15 is 0 Å². The normalized spacial score (nSPS) is 21.9. The third-order valence-electron chi connectivity index (χ3n) is 3.04. The van der Waals surface area contributed by atoms with Crippen LogP contribution in [0.4, 0.5) is 0 Å². The van der Waals surface area contributed by atoms with Crippen molar-refractivity contribution in [3.63, 3.8) is 0 Å². The fourth-order valence-electron chi connectivity index (χ4n) is 2.07. The molecule has 0 radical (unpaired) electrons. The molecule has 0 N–H and O–H groups in total. The minimum absolute atomic E-state index is 0.489. The van der Waals surface area contributed by atoms with E-state index < -0.39 is 0 Å². The molecule has 0 aromatic carbocycles. The summed E-state index contributed by atoms with van der Waals surface area (Å²) >= 11 is 4.57. The molecule has 1 aliphatic rings. The second-order valence-corrected chi connectivity index (χ2v) is 4.91. The molecule has 1 unspecified atom stereocenters. The molecule has 1 aliphatic carbocycles. The molecule has 0 saturated carbocycles. The fourth-order valence-corrected chi connectivity index (χ4v) is 2.38. The van der Waals surface area contributed by atoms with E-state index in [0.29, 0.717) is 5.25 Å². The summed E-state index contributed by atoms with van der Waals surface area (Å²) in [4.78, 5) is 8.35. The van der Waals surface area contributed by atoms with Gasteiger partial charge >= 0.3 is 0 Å². The Morgan fingerprint density at radius 3 is 2.93 bits per heavy atom. The van der Waals surface area contributed by atoms with Crippen LogP contribution in [-0.2, 0) is 0 Å². The third-order valence-corrected chi connectivity index (χ3v) is 3.48. The lowest BCUT2D eigenvalue weighted by atomic mass is 9.88. The molecule has 1 atom stereocenters. The first kappa shape index (κ1) is 10.7. The van der Waals surface area contributed by atoms with Gasteiger partial charge in [0.15, 0.2) is 0 Å². The van der Waals surface area contributed by atoms with Crippen molar-refractivity contribution in [1.82, 2.24) is 9.97 Å². The summed E-state index contributed by atoms with van der Waals surface area (Å²) in [7, 11) is 0. The Labute approximate surface area is 96.2 Å². The highest BCUT2D eigenvalue weighted by atomic mass is 32.1. The number of hydrogen-bond acceptors (Lipinski definition) is 3. The third kappa shape index (κ3) is 2.23. The molecule has 80 valence electrons. The standard InChI is InChI=1S/C12H16N2S/c1-8-3-4-10(15)5-11(8)12-6-13-7-14-9(12)2/h6-7,10,15H,3-5H2,1-2H3. The molecule has 0 spiro atoms. The Morgan fingerprint density at radius 2 is 2.20 bits per heavy atom. The second-order valence-electron chi connectivity index (χ2n) is 4.18. The quantitative estimate of drug-likeness (QED) is 0.736. The zero-order valence-corrected chi connectivity index (χ0v) is 10.1. The van der Waals surface area contributed by atoms with Crippen LogP contribution >= 0.6 is 12.6 Å². The smallest absolute Gasteiger partial charge is 0.115 e. The molecule has 0 aliphatic heterocycles. The highest BCUT2D eigenvalue weighted by Gasteiger charge is 2.18. The molecule has 0 fully saturated rings. The summed E-state index contributed by atoms with van der Waals surface area (Å²) in [5.74, 6) is 0. The Kier molecular flexibility index (Phi) is 3.10. The van der Waals surface area contributed by atoms with Crippen molar-refractivity contribution in [2.24, 2.45) is 0 Å². The van der Waals surface area contributed by atoms with Gasteiger partial charge in [-0.3, -0.25) is 0 Å². The van der Waals surface area contributed by atoms with Crippen LogP contribution in [0.25, 0.3) is 5.57 Å². The van der Waals surface area contributed by atoms with Crippen LogP contribution in [0.15, 0.2) is 18.1 Å². The van der Waals surface area contributed by atoms with Crippen LogP contribution in [-0.4, -0.2) is 15.2 Å². The number of aromatic nitrogens is 2. The molecule has 0 saturated heterocycles. The molecular weight excluding hydrogens is 204 g/mol. The van der Waals surface area contributed by atoms with Gasteiger partial charge in [0.05, 0.1) is 0 Å². The van der Waals surface area contributed by atoms with E-state index in [9.17, 15) is 0 Å². The molecule has 1 aromatic heterocycles. The van der Waals surface area contributed by atoms with E-state index in [0.717, 1.165) is 18.5 Å². The topological polar surface area (TPSA) is 25.8 Å². The average Bonchev–Trinajstić information content (AvgIpc) is 2.23. The fraction of sp³-hybridized carbons (Fsp3) is 0.500. The highest BCUT2D eigenvalue weighted by Crippen LogP contribution is 2.34. The summed E-state index contributed by atoms with van der Waals surface area (Å²) in [6.45, 7) is 4.25. The molecule has 3 heteroatoms. The van der Waals surface area contributed by atoms with Crippen molar-refractivity contribution in [2.45, 2.75) is 38.4 Å². The van der Waals surface area contributed by atoms with Gasteiger partial charge in [-0.05, 0) is 38.7 Å². The molecule has 0 amide bonds.